The van der Waals surface area contributed by atoms with E-state index in [9.17, 15) is 4.79 Å². The summed E-state index contributed by atoms with van der Waals surface area (Å²) in [5.74, 6) is 0.621. The Hall–Kier alpha value is -2.62. The van der Waals surface area contributed by atoms with Crippen molar-refractivity contribution in [3.05, 3.63) is 112 Å². The van der Waals surface area contributed by atoms with Crippen molar-refractivity contribution in [1.82, 2.24) is 9.88 Å². The van der Waals surface area contributed by atoms with Gasteiger partial charge in [0.25, 0.3) is 0 Å². The van der Waals surface area contributed by atoms with Crippen LogP contribution in [0, 0.1) is 11.3 Å². The Kier molecular flexibility index (Phi) is 6.74. The van der Waals surface area contributed by atoms with Crippen molar-refractivity contribution in [3.8, 4) is 0 Å². The number of amides is 1. The molecule has 1 aliphatic carbocycles. The molecule has 35 heavy (non-hydrogen) atoms. The quantitative estimate of drug-likeness (QED) is 0.304. The van der Waals surface area contributed by atoms with Crippen LogP contribution in [0.2, 0.25) is 10.0 Å². The molecule has 1 saturated heterocycles. The van der Waals surface area contributed by atoms with Crippen LogP contribution < -0.4 is 0 Å². The summed E-state index contributed by atoms with van der Waals surface area (Å²) in [6.45, 7) is 6.08. The van der Waals surface area contributed by atoms with Crippen molar-refractivity contribution in [2.24, 2.45) is 11.3 Å². The van der Waals surface area contributed by atoms with E-state index < -0.39 is 5.41 Å². The highest BCUT2D eigenvalue weighted by Gasteiger charge is 2.54. The summed E-state index contributed by atoms with van der Waals surface area (Å²) < 4.78 is 0. The second-order valence-corrected chi connectivity index (χ2v) is 11.0. The van der Waals surface area contributed by atoms with E-state index in [1.54, 1.807) is 0 Å². The molecule has 0 N–H and O–H groups in total. The highest BCUT2D eigenvalue weighted by Crippen LogP contribution is 2.57. The van der Waals surface area contributed by atoms with Crippen molar-refractivity contribution in [2.75, 3.05) is 0 Å². The van der Waals surface area contributed by atoms with Gasteiger partial charge in [0.2, 0.25) is 5.91 Å². The van der Waals surface area contributed by atoms with E-state index in [1.165, 1.54) is 0 Å². The van der Waals surface area contributed by atoms with Gasteiger partial charge < -0.3 is 4.90 Å². The van der Waals surface area contributed by atoms with E-state index >= 15 is 0 Å². The van der Waals surface area contributed by atoms with Crippen molar-refractivity contribution < 1.29 is 4.79 Å². The summed E-state index contributed by atoms with van der Waals surface area (Å²) in [5, 5.41) is 1.39. The zero-order valence-corrected chi connectivity index (χ0v) is 21.4. The van der Waals surface area contributed by atoms with Gasteiger partial charge in [-0.05, 0) is 79.1 Å². The predicted octanol–water partition coefficient (Wildman–Crippen LogP) is 8.18. The number of likely N-dealkylation sites (tertiary alicyclic amines) is 1. The van der Waals surface area contributed by atoms with Crippen LogP contribution in [-0.4, -0.2) is 15.8 Å². The number of carbonyl (C=O) groups excluding carboxylic acids is 1. The molecule has 2 aromatic carbocycles. The molecule has 0 spiro atoms. The minimum Gasteiger partial charge on any atom is -0.326 e. The average molecular weight is 505 g/mol. The molecule has 1 aliphatic heterocycles. The van der Waals surface area contributed by atoms with E-state index in [4.69, 9.17) is 28.2 Å². The second-order valence-electron chi connectivity index (χ2n) is 10.2. The van der Waals surface area contributed by atoms with E-state index in [0.29, 0.717) is 28.8 Å². The first-order valence-electron chi connectivity index (χ1n) is 12.3. The van der Waals surface area contributed by atoms with Gasteiger partial charge in [-0.1, -0.05) is 66.5 Å². The number of carbonyl (C=O) groups is 1. The predicted molar refractivity (Wildman–Crippen MR) is 142 cm³/mol. The van der Waals surface area contributed by atoms with Crippen LogP contribution in [-0.2, 0) is 4.79 Å². The number of aromatic nitrogens is 1. The summed E-state index contributed by atoms with van der Waals surface area (Å²) >= 11 is 12.7. The third-order valence-corrected chi connectivity index (χ3v) is 8.03. The van der Waals surface area contributed by atoms with Crippen molar-refractivity contribution in [3.63, 3.8) is 0 Å². The molecule has 180 valence electrons. The van der Waals surface area contributed by atoms with Crippen molar-refractivity contribution in [1.29, 1.82) is 0 Å². The van der Waals surface area contributed by atoms with Crippen LogP contribution >= 0.6 is 23.2 Å². The van der Waals surface area contributed by atoms with E-state index in [0.717, 1.165) is 29.7 Å². The molecule has 0 radical (unpaired) electrons. The Morgan fingerprint density at radius 2 is 1.83 bits per heavy atom. The lowest BCUT2D eigenvalue weighted by atomic mass is 9.67. The summed E-state index contributed by atoms with van der Waals surface area (Å²) in [5.41, 5.74) is 2.60. The van der Waals surface area contributed by atoms with Gasteiger partial charge in [0, 0.05) is 22.2 Å². The molecular formula is C30H30Cl2N2O. The fourth-order valence-corrected chi connectivity index (χ4v) is 6.09. The maximum absolute atomic E-state index is 14.5. The van der Waals surface area contributed by atoms with Gasteiger partial charge in [-0.25, -0.2) is 0 Å². The number of piperidine rings is 1. The molecule has 5 heteroatoms. The summed E-state index contributed by atoms with van der Waals surface area (Å²) in [4.78, 5) is 21.4. The van der Waals surface area contributed by atoms with Gasteiger partial charge >= 0.3 is 0 Å². The van der Waals surface area contributed by atoms with Gasteiger partial charge in [0.05, 0.1) is 23.2 Å². The summed E-state index contributed by atoms with van der Waals surface area (Å²) in [6.07, 6.45) is 7.22. The minimum absolute atomic E-state index is 0.0579. The first kappa shape index (κ1) is 24.1. The number of pyridine rings is 1. The number of nitrogens with zero attached hydrogens (tertiary/aromatic N) is 2. The molecule has 0 unspecified atom stereocenters. The molecule has 3 aromatic rings. The maximum Gasteiger partial charge on any atom is 0.229 e. The molecule has 1 aromatic heterocycles. The lowest BCUT2D eigenvalue weighted by Crippen LogP contribution is -2.53. The van der Waals surface area contributed by atoms with Crippen molar-refractivity contribution in [2.45, 2.75) is 50.6 Å². The van der Waals surface area contributed by atoms with E-state index in [1.807, 2.05) is 54.7 Å². The minimum atomic E-state index is -0.570. The number of hydrogen-bond acceptors (Lipinski definition) is 2. The molecule has 1 amide bonds. The normalized spacial score (nSPS) is 25.3. The maximum atomic E-state index is 14.5. The van der Waals surface area contributed by atoms with Crippen LogP contribution in [0.3, 0.4) is 0 Å². The summed E-state index contributed by atoms with van der Waals surface area (Å²) in [6, 6.07) is 21.8. The fourth-order valence-electron chi connectivity index (χ4n) is 5.77. The van der Waals surface area contributed by atoms with Gasteiger partial charge in [-0.2, -0.15) is 0 Å². The van der Waals surface area contributed by atoms with E-state index in [-0.39, 0.29) is 23.9 Å². The average Bonchev–Trinajstić information content (AvgIpc) is 3.69. The van der Waals surface area contributed by atoms with E-state index in [2.05, 4.69) is 42.7 Å². The van der Waals surface area contributed by atoms with Gasteiger partial charge in [0.15, 0.2) is 0 Å². The molecule has 2 aliphatic rings. The monoisotopic (exact) mass is 504 g/mol. The molecule has 3 nitrogen and oxygen atoms in total. The zero-order valence-electron chi connectivity index (χ0n) is 19.9. The first-order valence-corrected chi connectivity index (χ1v) is 13.0. The lowest BCUT2D eigenvalue weighted by molar-refractivity contribution is -0.155. The molecule has 4 atom stereocenters. The fraction of sp³-hybridized carbons (Fsp3) is 0.333. The third-order valence-electron chi connectivity index (χ3n) is 7.54. The van der Waals surface area contributed by atoms with Gasteiger partial charge in [0.1, 0.15) is 0 Å². The van der Waals surface area contributed by atoms with Gasteiger partial charge in [-0.15, -0.1) is 6.58 Å². The first-order chi connectivity index (χ1) is 16.9. The SMILES string of the molecule is C=CC[C@@]1(C)C[C@H](c2cccc(Cl)c2)[C@@H](c2ccc(Cl)cc2)N([C@H](c2ccccn2)C2CC2)C1=O. The topological polar surface area (TPSA) is 33.2 Å². The van der Waals surface area contributed by atoms with Crippen LogP contribution in [0.1, 0.15) is 67.4 Å². The number of hydrogen-bond donors (Lipinski definition) is 0. The Balaban J connectivity index is 1.72. The molecule has 2 fully saturated rings. The number of halogens is 2. The molecule has 5 rings (SSSR count). The second kappa shape index (κ2) is 9.79. The number of allylic oxidation sites excluding steroid dienone is 1. The highest BCUT2D eigenvalue weighted by atomic mass is 35.5. The Morgan fingerprint density at radius 3 is 2.46 bits per heavy atom. The summed E-state index contributed by atoms with van der Waals surface area (Å²) in [7, 11) is 0. The standard InChI is InChI=1S/C30H30Cl2N2O/c1-3-16-30(2)19-25(22-7-6-8-24(32)18-22)27(20-12-14-23(31)15-13-20)34(29(30)35)28(21-10-11-21)26-9-4-5-17-33-26/h3-9,12-15,17-18,21,25,27-28H,1,10-11,16,19H2,2H3/t25-,27-,28+,30+/m1/s1. The molecule has 1 saturated carbocycles. The molecular weight excluding hydrogens is 475 g/mol. The number of benzene rings is 2. The molecule has 2 heterocycles. The molecule has 0 bridgehead atoms. The zero-order chi connectivity index (χ0) is 24.6. The van der Waals surface area contributed by atoms with Gasteiger partial charge in [-0.3, -0.25) is 9.78 Å². The third kappa shape index (κ3) is 4.77. The van der Waals surface area contributed by atoms with Crippen LogP contribution in [0.15, 0.2) is 85.6 Å². The number of rotatable bonds is 7. The Bertz CT molecular complexity index is 1210. The Labute approximate surface area is 217 Å². The largest absolute Gasteiger partial charge is 0.326 e. The van der Waals surface area contributed by atoms with Crippen LogP contribution in [0.5, 0.6) is 0 Å². The van der Waals surface area contributed by atoms with Crippen molar-refractivity contribution >= 4 is 29.1 Å². The lowest BCUT2D eigenvalue weighted by Gasteiger charge is -2.52. The van der Waals surface area contributed by atoms with Crippen LogP contribution in [0.25, 0.3) is 0 Å². The smallest absolute Gasteiger partial charge is 0.229 e. The Morgan fingerprint density at radius 1 is 1.06 bits per heavy atom. The highest BCUT2D eigenvalue weighted by molar-refractivity contribution is 6.30. The van der Waals surface area contributed by atoms with Crippen LogP contribution in [0.4, 0.5) is 0 Å².